The summed E-state index contributed by atoms with van der Waals surface area (Å²) in [5.41, 5.74) is 1.54. The summed E-state index contributed by atoms with van der Waals surface area (Å²) in [7, 11) is 3.09. The summed E-state index contributed by atoms with van der Waals surface area (Å²) in [4.78, 5) is 24.8. The molecule has 3 aromatic carbocycles. The second-order valence-electron chi connectivity index (χ2n) is 6.16. The maximum absolute atomic E-state index is 12.4. The minimum Gasteiger partial charge on any atom is -0.497 e. The van der Waals surface area contributed by atoms with Crippen molar-refractivity contribution in [3.63, 3.8) is 0 Å². The van der Waals surface area contributed by atoms with Crippen LogP contribution in [0.25, 0.3) is 0 Å². The van der Waals surface area contributed by atoms with E-state index in [2.05, 4.69) is 5.32 Å². The van der Waals surface area contributed by atoms with Gasteiger partial charge in [0.2, 0.25) is 0 Å². The molecule has 148 valence electrons. The Morgan fingerprint density at radius 2 is 1.34 bits per heavy atom. The van der Waals surface area contributed by atoms with Crippen molar-refractivity contribution in [3.8, 4) is 17.2 Å². The molecule has 0 saturated heterocycles. The number of hydrogen-bond acceptors (Lipinski definition) is 5. The van der Waals surface area contributed by atoms with Crippen molar-refractivity contribution in [2.24, 2.45) is 0 Å². The average molecular weight is 391 g/mol. The highest BCUT2D eigenvalue weighted by molar-refractivity contribution is 6.04. The fourth-order valence-corrected chi connectivity index (χ4v) is 2.66. The number of carbonyl (C=O) groups is 2. The molecular weight excluding hydrogens is 370 g/mol. The summed E-state index contributed by atoms with van der Waals surface area (Å²) >= 11 is 0. The van der Waals surface area contributed by atoms with Crippen LogP contribution in [0.5, 0.6) is 17.2 Å². The van der Waals surface area contributed by atoms with Crippen molar-refractivity contribution in [1.82, 2.24) is 0 Å². The predicted molar refractivity (Wildman–Crippen MR) is 110 cm³/mol. The molecule has 0 radical (unpaired) electrons. The summed E-state index contributed by atoms with van der Waals surface area (Å²) in [6, 6.07) is 20.6. The molecule has 1 amide bonds. The van der Waals surface area contributed by atoms with E-state index in [0.29, 0.717) is 34.1 Å². The number of anilines is 1. The van der Waals surface area contributed by atoms with Crippen molar-refractivity contribution in [2.75, 3.05) is 26.1 Å². The zero-order valence-corrected chi connectivity index (χ0v) is 16.2. The summed E-state index contributed by atoms with van der Waals surface area (Å²) in [6.07, 6.45) is 0. The van der Waals surface area contributed by atoms with Gasteiger partial charge in [-0.25, -0.2) is 0 Å². The number of amides is 1. The van der Waals surface area contributed by atoms with Gasteiger partial charge in [-0.15, -0.1) is 0 Å². The molecule has 6 heteroatoms. The van der Waals surface area contributed by atoms with Gasteiger partial charge in [0.05, 0.1) is 14.2 Å². The third-order valence-corrected chi connectivity index (χ3v) is 4.19. The van der Waals surface area contributed by atoms with Crippen molar-refractivity contribution in [2.45, 2.75) is 0 Å². The molecule has 6 nitrogen and oxygen atoms in total. The van der Waals surface area contributed by atoms with Crippen LogP contribution in [0.15, 0.2) is 72.8 Å². The zero-order chi connectivity index (χ0) is 20.6. The van der Waals surface area contributed by atoms with E-state index in [-0.39, 0.29) is 18.3 Å². The number of hydrogen-bond donors (Lipinski definition) is 1. The lowest BCUT2D eigenvalue weighted by Gasteiger charge is -2.10. The minimum atomic E-state index is -0.270. The first-order valence-corrected chi connectivity index (χ1v) is 8.94. The van der Waals surface area contributed by atoms with Crippen LogP contribution in [0.4, 0.5) is 5.69 Å². The number of methoxy groups -OCH3 is 2. The van der Waals surface area contributed by atoms with Gasteiger partial charge in [-0.2, -0.15) is 0 Å². The first kappa shape index (κ1) is 19.9. The highest BCUT2D eigenvalue weighted by Crippen LogP contribution is 2.20. The van der Waals surface area contributed by atoms with E-state index < -0.39 is 0 Å². The van der Waals surface area contributed by atoms with E-state index >= 15 is 0 Å². The number of ketones is 1. The Bertz CT molecular complexity index is 1020. The molecule has 0 spiro atoms. The summed E-state index contributed by atoms with van der Waals surface area (Å²) in [5.74, 6) is 1.25. The van der Waals surface area contributed by atoms with Gasteiger partial charge in [0.1, 0.15) is 17.2 Å². The molecular formula is C23H21NO5. The number of Topliss-reactive ketones (excluding diaryl/α,β-unsaturated/α-hetero) is 1. The number of rotatable bonds is 8. The summed E-state index contributed by atoms with van der Waals surface area (Å²) < 4.78 is 15.9. The number of benzene rings is 3. The molecule has 1 N–H and O–H groups in total. The van der Waals surface area contributed by atoms with Gasteiger partial charge < -0.3 is 19.5 Å². The lowest BCUT2D eigenvalue weighted by atomic mass is 10.1. The predicted octanol–water partition coefficient (Wildman–Crippen LogP) is 4.22. The number of carbonyl (C=O) groups excluding carboxylic acids is 2. The molecule has 0 aliphatic heterocycles. The molecule has 0 unspecified atom stereocenters. The van der Waals surface area contributed by atoms with Crippen molar-refractivity contribution < 1.29 is 23.8 Å². The van der Waals surface area contributed by atoms with E-state index in [1.807, 2.05) is 0 Å². The Hall–Kier alpha value is -3.80. The number of nitrogens with one attached hydrogen (secondary N) is 1. The molecule has 0 bridgehead atoms. The third-order valence-electron chi connectivity index (χ3n) is 4.19. The quantitative estimate of drug-likeness (QED) is 0.582. The van der Waals surface area contributed by atoms with E-state index in [0.717, 1.165) is 0 Å². The fraction of sp³-hybridized carbons (Fsp3) is 0.130. The van der Waals surface area contributed by atoms with E-state index in [9.17, 15) is 9.59 Å². The maximum Gasteiger partial charge on any atom is 0.255 e. The van der Waals surface area contributed by atoms with Gasteiger partial charge in [0, 0.05) is 22.9 Å². The molecule has 0 heterocycles. The normalized spacial score (nSPS) is 10.1. The van der Waals surface area contributed by atoms with Gasteiger partial charge >= 0.3 is 0 Å². The lowest BCUT2D eigenvalue weighted by Crippen LogP contribution is -2.13. The topological polar surface area (TPSA) is 73.9 Å². The summed E-state index contributed by atoms with van der Waals surface area (Å²) in [5, 5.41) is 2.81. The number of ether oxygens (including phenoxy) is 3. The third kappa shape index (κ3) is 5.35. The summed E-state index contributed by atoms with van der Waals surface area (Å²) in [6.45, 7) is -0.125. The SMILES string of the molecule is COc1cccc(C(=O)COc2cccc(NC(=O)c3cccc(OC)c3)c2)c1. The molecule has 3 aromatic rings. The molecule has 0 atom stereocenters. The Labute approximate surface area is 169 Å². The molecule has 0 aliphatic carbocycles. The standard InChI is InChI=1S/C23H21NO5/c1-27-19-9-3-6-16(12-19)22(25)15-29-21-11-5-8-18(14-21)24-23(26)17-7-4-10-20(13-17)28-2/h3-14H,15H2,1-2H3,(H,24,26). The molecule has 0 aliphatic rings. The van der Waals surface area contributed by atoms with Crippen LogP contribution >= 0.6 is 0 Å². The Morgan fingerprint density at radius 1 is 0.759 bits per heavy atom. The molecule has 0 saturated carbocycles. The average Bonchev–Trinajstić information content (AvgIpc) is 2.77. The van der Waals surface area contributed by atoms with Crippen LogP contribution in [0, 0.1) is 0 Å². The van der Waals surface area contributed by atoms with Gasteiger partial charge in [-0.05, 0) is 42.5 Å². The zero-order valence-electron chi connectivity index (χ0n) is 16.2. The Kier molecular flexibility index (Phi) is 6.47. The van der Waals surface area contributed by atoms with Gasteiger partial charge in [-0.3, -0.25) is 9.59 Å². The largest absolute Gasteiger partial charge is 0.497 e. The van der Waals surface area contributed by atoms with Gasteiger partial charge in [-0.1, -0.05) is 24.3 Å². The molecule has 29 heavy (non-hydrogen) atoms. The molecule has 0 fully saturated rings. The second kappa shape index (κ2) is 9.41. The minimum absolute atomic E-state index is 0.125. The first-order valence-electron chi connectivity index (χ1n) is 8.94. The highest BCUT2D eigenvalue weighted by atomic mass is 16.5. The van der Waals surface area contributed by atoms with Crippen LogP contribution in [0.1, 0.15) is 20.7 Å². The van der Waals surface area contributed by atoms with Crippen molar-refractivity contribution in [3.05, 3.63) is 83.9 Å². The monoisotopic (exact) mass is 391 g/mol. The van der Waals surface area contributed by atoms with E-state index in [1.165, 1.54) is 0 Å². The molecule has 3 rings (SSSR count). The Balaban J connectivity index is 1.63. The van der Waals surface area contributed by atoms with Gasteiger partial charge in [0.15, 0.2) is 12.4 Å². The maximum atomic E-state index is 12.4. The van der Waals surface area contributed by atoms with Crippen molar-refractivity contribution in [1.29, 1.82) is 0 Å². The van der Waals surface area contributed by atoms with Crippen LogP contribution in [-0.4, -0.2) is 32.5 Å². The van der Waals surface area contributed by atoms with Crippen LogP contribution < -0.4 is 19.5 Å². The van der Waals surface area contributed by atoms with E-state index in [4.69, 9.17) is 14.2 Å². The van der Waals surface area contributed by atoms with Crippen LogP contribution in [-0.2, 0) is 0 Å². The first-order chi connectivity index (χ1) is 14.1. The van der Waals surface area contributed by atoms with Crippen LogP contribution in [0.2, 0.25) is 0 Å². The van der Waals surface area contributed by atoms with Gasteiger partial charge in [0.25, 0.3) is 5.91 Å². The van der Waals surface area contributed by atoms with Crippen molar-refractivity contribution >= 4 is 17.4 Å². The van der Waals surface area contributed by atoms with Crippen LogP contribution in [0.3, 0.4) is 0 Å². The highest BCUT2D eigenvalue weighted by Gasteiger charge is 2.10. The molecule has 0 aromatic heterocycles. The fourth-order valence-electron chi connectivity index (χ4n) is 2.66. The smallest absolute Gasteiger partial charge is 0.255 e. The second-order valence-corrected chi connectivity index (χ2v) is 6.16. The lowest BCUT2D eigenvalue weighted by molar-refractivity contribution is 0.0920. The van der Waals surface area contributed by atoms with E-state index in [1.54, 1.807) is 87.0 Å². The Morgan fingerprint density at radius 3 is 2.03 bits per heavy atom.